The van der Waals surface area contributed by atoms with Crippen LogP contribution in [0, 0.1) is 0 Å². The van der Waals surface area contributed by atoms with E-state index in [1.165, 1.54) is 0 Å². The molecule has 0 radical (unpaired) electrons. The van der Waals surface area contributed by atoms with Crippen molar-refractivity contribution in [2.24, 2.45) is 0 Å². The Morgan fingerprint density at radius 2 is 2.22 bits per heavy atom. The fraction of sp³-hybridized carbons (Fsp3) is 0.900. The van der Waals surface area contributed by atoms with E-state index in [1.54, 1.807) is 12.2 Å². The van der Waals surface area contributed by atoms with Crippen LogP contribution in [0.15, 0.2) is 0 Å². The summed E-state index contributed by atoms with van der Waals surface area (Å²) in [6.45, 7) is 0.619. The fourth-order valence-electron chi connectivity index (χ4n) is 1.66. The van der Waals surface area contributed by atoms with E-state index in [1.807, 2.05) is 0 Å². The van der Waals surface area contributed by atoms with Gasteiger partial charge in [-0.2, -0.15) is 13.2 Å². The summed E-state index contributed by atoms with van der Waals surface area (Å²) in [6, 6.07) is 0. The van der Waals surface area contributed by atoms with E-state index in [0.29, 0.717) is 13.0 Å². The van der Waals surface area contributed by atoms with E-state index < -0.39 is 24.2 Å². The fourth-order valence-corrected chi connectivity index (χ4v) is 1.66. The molecule has 2 unspecified atom stereocenters. The smallest absolute Gasteiger partial charge is 0.386 e. The highest BCUT2D eigenvalue weighted by atomic mass is 19.4. The average Bonchev–Trinajstić information content (AvgIpc) is 2.56. The van der Waals surface area contributed by atoms with Gasteiger partial charge in [-0.3, -0.25) is 4.79 Å². The molecule has 1 aliphatic heterocycles. The number of alkyl halides is 3. The predicted molar refractivity (Wildman–Crippen MR) is 56.9 cm³/mol. The van der Waals surface area contributed by atoms with Gasteiger partial charge >= 0.3 is 6.18 Å². The monoisotopic (exact) mass is 270 g/mol. The van der Waals surface area contributed by atoms with Gasteiger partial charge in [-0.05, 0) is 6.92 Å². The molecule has 0 aromatic heterocycles. The lowest BCUT2D eigenvalue weighted by atomic mass is 9.97. The zero-order valence-electron chi connectivity index (χ0n) is 10.0. The number of aliphatic hydroxyl groups is 1. The third-order valence-corrected chi connectivity index (χ3v) is 2.86. The van der Waals surface area contributed by atoms with Crippen LogP contribution in [0.5, 0.6) is 0 Å². The maximum atomic E-state index is 11.8. The lowest BCUT2D eigenvalue weighted by molar-refractivity contribution is -0.138. The van der Waals surface area contributed by atoms with Crippen molar-refractivity contribution >= 4 is 5.91 Å². The molecule has 1 aliphatic rings. The molecule has 106 valence electrons. The largest absolute Gasteiger partial charge is 0.405 e. The third kappa shape index (κ3) is 4.79. The van der Waals surface area contributed by atoms with Crippen molar-refractivity contribution in [3.05, 3.63) is 0 Å². The van der Waals surface area contributed by atoms with Crippen molar-refractivity contribution in [1.29, 1.82) is 0 Å². The van der Waals surface area contributed by atoms with Crippen LogP contribution in [0.1, 0.15) is 13.3 Å². The highest BCUT2D eigenvalue weighted by molar-refractivity contribution is 5.78. The van der Waals surface area contributed by atoms with E-state index in [0.717, 1.165) is 0 Å². The summed E-state index contributed by atoms with van der Waals surface area (Å²) in [6.07, 6.45) is -4.34. The second kappa shape index (κ2) is 5.85. The molecule has 0 aromatic rings. The first kappa shape index (κ1) is 15.2. The first-order chi connectivity index (χ1) is 8.23. The minimum Gasteiger partial charge on any atom is -0.386 e. The van der Waals surface area contributed by atoms with Crippen LogP contribution in [-0.4, -0.2) is 55.1 Å². The van der Waals surface area contributed by atoms with Gasteiger partial charge in [0.2, 0.25) is 5.91 Å². The highest BCUT2D eigenvalue weighted by Crippen LogP contribution is 2.24. The van der Waals surface area contributed by atoms with Gasteiger partial charge < -0.3 is 20.5 Å². The number of rotatable bonds is 5. The summed E-state index contributed by atoms with van der Waals surface area (Å²) in [5.41, 5.74) is -1.07. The quantitative estimate of drug-likeness (QED) is 0.647. The second-order valence-corrected chi connectivity index (χ2v) is 4.36. The average molecular weight is 270 g/mol. The summed E-state index contributed by atoms with van der Waals surface area (Å²) >= 11 is 0. The van der Waals surface area contributed by atoms with Crippen molar-refractivity contribution in [1.82, 2.24) is 10.6 Å². The van der Waals surface area contributed by atoms with Crippen LogP contribution in [0.4, 0.5) is 13.2 Å². The Morgan fingerprint density at radius 3 is 2.72 bits per heavy atom. The van der Waals surface area contributed by atoms with Crippen molar-refractivity contribution < 1.29 is 27.8 Å². The molecule has 1 amide bonds. The van der Waals surface area contributed by atoms with Crippen molar-refractivity contribution in [3.63, 3.8) is 0 Å². The number of carbonyl (C=O) groups is 1. The number of ether oxygens (including phenoxy) is 1. The SMILES string of the molecule is CC1OCCC1(O)CNCC(=O)NCC(F)(F)F. The minimum atomic E-state index is -4.42. The van der Waals surface area contributed by atoms with Gasteiger partial charge in [0.15, 0.2) is 0 Å². The Bertz CT molecular complexity index is 299. The summed E-state index contributed by atoms with van der Waals surface area (Å²) in [5, 5.41) is 14.4. The zero-order valence-corrected chi connectivity index (χ0v) is 10.0. The zero-order chi connectivity index (χ0) is 13.8. The Kier molecular flexibility index (Phi) is 4.94. The minimum absolute atomic E-state index is 0.105. The van der Waals surface area contributed by atoms with Crippen molar-refractivity contribution in [2.45, 2.75) is 31.2 Å². The Balaban J connectivity index is 2.19. The van der Waals surface area contributed by atoms with Gasteiger partial charge in [0.25, 0.3) is 0 Å². The maximum absolute atomic E-state index is 11.8. The van der Waals surface area contributed by atoms with Crippen LogP contribution in [-0.2, 0) is 9.53 Å². The molecule has 18 heavy (non-hydrogen) atoms. The van der Waals surface area contributed by atoms with Crippen LogP contribution in [0.3, 0.4) is 0 Å². The van der Waals surface area contributed by atoms with Gasteiger partial charge in [-0.25, -0.2) is 0 Å². The maximum Gasteiger partial charge on any atom is 0.405 e. The predicted octanol–water partition coefficient (Wildman–Crippen LogP) is -0.206. The van der Waals surface area contributed by atoms with Gasteiger partial charge in [0, 0.05) is 19.6 Å². The van der Waals surface area contributed by atoms with Crippen molar-refractivity contribution in [3.8, 4) is 0 Å². The van der Waals surface area contributed by atoms with Gasteiger partial charge in [-0.1, -0.05) is 0 Å². The van der Waals surface area contributed by atoms with Crippen LogP contribution in [0.2, 0.25) is 0 Å². The summed E-state index contributed by atoms with van der Waals surface area (Å²) in [5.74, 6) is -0.762. The molecule has 5 nitrogen and oxygen atoms in total. The first-order valence-electron chi connectivity index (χ1n) is 5.61. The van der Waals surface area contributed by atoms with Crippen molar-refractivity contribution in [2.75, 3.05) is 26.2 Å². The molecule has 0 bridgehead atoms. The molecule has 1 fully saturated rings. The number of hydrogen-bond donors (Lipinski definition) is 3. The Hall–Kier alpha value is -0.860. The molecule has 0 saturated carbocycles. The number of nitrogens with one attached hydrogen (secondary N) is 2. The van der Waals surface area contributed by atoms with E-state index in [2.05, 4.69) is 5.32 Å². The molecular weight excluding hydrogens is 253 g/mol. The third-order valence-electron chi connectivity index (χ3n) is 2.86. The van der Waals surface area contributed by atoms with E-state index in [-0.39, 0.29) is 19.2 Å². The number of amides is 1. The molecule has 8 heteroatoms. The molecule has 1 heterocycles. The number of carbonyl (C=O) groups excluding carboxylic acids is 1. The summed E-state index contributed by atoms with van der Waals surface area (Å²) < 4.78 is 40.6. The lowest BCUT2D eigenvalue weighted by Crippen LogP contribution is -2.48. The Labute approximate surface area is 103 Å². The molecular formula is C10H17F3N2O3. The Morgan fingerprint density at radius 1 is 1.56 bits per heavy atom. The molecule has 2 atom stereocenters. The molecule has 0 spiro atoms. The molecule has 0 aliphatic carbocycles. The van der Waals surface area contributed by atoms with Crippen LogP contribution < -0.4 is 10.6 Å². The standard InChI is InChI=1S/C10H17F3N2O3/c1-7-9(17,2-3-18-7)5-14-4-8(16)15-6-10(11,12)13/h7,14,17H,2-6H2,1H3,(H,15,16). The van der Waals surface area contributed by atoms with E-state index in [9.17, 15) is 23.1 Å². The van der Waals surface area contributed by atoms with Gasteiger partial charge in [0.1, 0.15) is 12.1 Å². The number of hydrogen-bond acceptors (Lipinski definition) is 4. The van der Waals surface area contributed by atoms with E-state index >= 15 is 0 Å². The van der Waals surface area contributed by atoms with Crippen LogP contribution in [0.25, 0.3) is 0 Å². The second-order valence-electron chi connectivity index (χ2n) is 4.36. The molecule has 3 N–H and O–H groups in total. The lowest BCUT2D eigenvalue weighted by Gasteiger charge is -2.26. The van der Waals surface area contributed by atoms with Gasteiger partial charge in [-0.15, -0.1) is 0 Å². The van der Waals surface area contributed by atoms with E-state index in [4.69, 9.17) is 4.74 Å². The number of halogens is 3. The molecule has 1 rings (SSSR count). The summed E-state index contributed by atoms with van der Waals surface area (Å²) in [4.78, 5) is 11.1. The topological polar surface area (TPSA) is 70.6 Å². The molecule has 0 aromatic carbocycles. The normalized spacial score (nSPS) is 28.4. The van der Waals surface area contributed by atoms with Crippen LogP contribution >= 0.6 is 0 Å². The van der Waals surface area contributed by atoms with Gasteiger partial charge in [0.05, 0.1) is 12.6 Å². The molecule has 1 saturated heterocycles. The summed E-state index contributed by atoms with van der Waals surface area (Å²) in [7, 11) is 0. The first-order valence-corrected chi connectivity index (χ1v) is 5.61. The highest BCUT2D eigenvalue weighted by Gasteiger charge is 2.39.